The Hall–Kier alpha value is -6.47. The molecule has 5 amide bonds. The number of rotatable bonds is 9. The highest BCUT2D eigenvalue weighted by atomic mass is 16.5. The lowest BCUT2D eigenvalue weighted by atomic mass is 9.49. The van der Waals surface area contributed by atoms with Crippen molar-refractivity contribution in [2.45, 2.75) is 71.6 Å². The monoisotopic (exact) mass is 838 g/mol. The van der Waals surface area contributed by atoms with Gasteiger partial charge in [0.15, 0.2) is 0 Å². The van der Waals surface area contributed by atoms with E-state index in [-0.39, 0.29) is 36.5 Å². The number of nitriles is 1. The molecule has 5 aliphatic rings. The van der Waals surface area contributed by atoms with Gasteiger partial charge >= 0.3 is 0 Å². The number of imide groups is 2. The third-order valence-electron chi connectivity index (χ3n) is 13.7. The van der Waals surface area contributed by atoms with Crippen LogP contribution in [-0.4, -0.2) is 118 Å². The summed E-state index contributed by atoms with van der Waals surface area (Å²) in [4.78, 5) is 85.7. The molecule has 16 heteroatoms. The van der Waals surface area contributed by atoms with Gasteiger partial charge in [0.25, 0.3) is 17.7 Å². The zero-order valence-electron chi connectivity index (χ0n) is 35.4. The number of benzene rings is 2. The Morgan fingerprint density at radius 3 is 2.27 bits per heavy atom. The molecule has 9 rings (SSSR count). The van der Waals surface area contributed by atoms with Crippen LogP contribution in [-0.2, 0) is 9.59 Å². The van der Waals surface area contributed by atoms with Crippen molar-refractivity contribution in [3.8, 4) is 11.8 Å². The normalized spacial score (nSPS) is 23.7. The van der Waals surface area contributed by atoms with E-state index in [0.29, 0.717) is 39.8 Å². The van der Waals surface area contributed by atoms with Gasteiger partial charge < -0.3 is 19.9 Å². The van der Waals surface area contributed by atoms with Crippen molar-refractivity contribution in [3.63, 3.8) is 0 Å². The number of fused-ring (bicyclic) bond motifs is 2. The topological polar surface area (TPSA) is 194 Å². The highest BCUT2D eigenvalue weighted by Gasteiger charge is 2.64. The zero-order chi connectivity index (χ0) is 43.5. The molecule has 2 aromatic heterocycles. The fraction of sp³-hybridized carbons (Fsp3) is 0.457. The lowest BCUT2D eigenvalue weighted by Crippen LogP contribution is -2.74. The molecule has 6 heterocycles. The van der Waals surface area contributed by atoms with Gasteiger partial charge in [-0.3, -0.25) is 44.1 Å². The summed E-state index contributed by atoms with van der Waals surface area (Å²) in [6.07, 6.45) is 6.87. The van der Waals surface area contributed by atoms with Crippen LogP contribution in [0.25, 0.3) is 10.9 Å². The number of pyridine rings is 1. The Bertz CT molecular complexity index is 2500. The molecular weight excluding hydrogens is 789 g/mol. The molecule has 62 heavy (non-hydrogen) atoms. The minimum atomic E-state index is -0.982. The predicted molar refractivity (Wildman–Crippen MR) is 228 cm³/mol. The second-order valence-electron chi connectivity index (χ2n) is 18.3. The van der Waals surface area contributed by atoms with Crippen LogP contribution in [0, 0.1) is 28.1 Å². The third-order valence-corrected chi connectivity index (χ3v) is 13.7. The van der Waals surface area contributed by atoms with E-state index >= 15 is 0 Å². The molecule has 0 spiro atoms. The molecule has 0 bridgehead atoms. The number of anilines is 2. The van der Waals surface area contributed by atoms with Gasteiger partial charge in [0, 0.05) is 98.8 Å². The smallest absolute Gasteiger partial charge is 0.262 e. The van der Waals surface area contributed by atoms with E-state index in [1.54, 1.807) is 36.8 Å². The average molecular weight is 839 g/mol. The van der Waals surface area contributed by atoms with E-state index in [1.165, 1.54) is 0 Å². The molecule has 320 valence electrons. The van der Waals surface area contributed by atoms with Gasteiger partial charge in [0.05, 0.1) is 27.8 Å². The van der Waals surface area contributed by atoms with E-state index < -0.39 is 40.5 Å². The van der Waals surface area contributed by atoms with Crippen molar-refractivity contribution < 1.29 is 28.7 Å². The number of aromatic nitrogens is 3. The third kappa shape index (κ3) is 7.17. The summed E-state index contributed by atoms with van der Waals surface area (Å²) in [5.74, 6) is -0.435. The first-order chi connectivity index (χ1) is 29.7. The van der Waals surface area contributed by atoms with Crippen LogP contribution in [0.1, 0.15) is 90.0 Å². The van der Waals surface area contributed by atoms with Gasteiger partial charge in [-0.2, -0.15) is 5.26 Å². The van der Waals surface area contributed by atoms with Crippen LogP contribution in [0.4, 0.5) is 11.6 Å². The van der Waals surface area contributed by atoms with Crippen molar-refractivity contribution in [2.24, 2.45) is 16.7 Å². The molecule has 4 aliphatic heterocycles. The summed E-state index contributed by atoms with van der Waals surface area (Å²) < 4.78 is 6.64. The summed E-state index contributed by atoms with van der Waals surface area (Å²) in [6.45, 7) is 14.3. The first-order valence-corrected chi connectivity index (χ1v) is 21.4. The SMILES string of the molecule is CC1(C)C(NC(=O)c2cnc(N3CCC(CN4CCN(c5ccc6c(c5)C(=O)N(C5CCC(=O)NC5=O)C6=O)CC4)CC3)nc2)C(C)(C)C1Oc1ccc(C#N)c2ncccc12. The van der Waals surface area contributed by atoms with Gasteiger partial charge in [-0.1, -0.05) is 27.7 Å². The fourth-order valence-electron chi connectivity index (χ4n) is 10.6. The van der Waals surface area contributed by atoms with E-state index in [9.17, 15) is 29.2 Å². The number of hydrogen-bond donors (Lipinski definition) is 2. The molecule has 1 unspecified atom stereocenters. The summed E-state index contributed by atoms with van der Waals surface area (Å²) in [7, 11) is 0. The Morgan fingerprint density at radius 1 is 0.871 bits per heavy atom. The lowest BCUT2D eigenvalue weighted by molar-refractivity contribution is -0.163. The van der Waals surface area contributed by atoms with E-state index in [4.69, 9.17) is 4.74 Å². The van der Waals surface area contributed by atoms with E-state index in [1.807, 2.05) is 24.3 Å². The van der Waals surface area contributed by atoms with Gasteiger partial charge in [-0.15, -0.1) is 0 Å². The highest BCUT2D eigenvalue weighted by Crippen LogP contribution is 2.56. The van der Waals surface area contributed by atoms with Crippen molar-refractivity contribution in [2.75, 3.05) is 55.6 Å². The number of ether oxygens (including phenoxy) is 1. The second-order valence-corrected chi connectivity index (χ2v) is 18.3. The first-order valence-electron chi connectivity index (χ1n) is 21.4. The average Bonchev–Trinajstić information content (AvgIpc) is 3.52. The van der Waals surface area contributed by atoms with Crippen LogP contribution in [0.3, 0.4) is 0 Å². The molecule has 1 aliphatic carbocycles. The Morgan fingerprint density at radius 2 is 1.58 bits per heavy atom. The number of nitrogens with zero attached hydrogens (tertiary/aromatic N) is 8. The van der Waals surface area contributed by atoms with E-state index in [0.717, 1.165) is 74.6 Å². The summed E-state index contributed by atoms with van der Waals surface area (Å²) >= 11 is 0. The quantitative estimate of drug-likeness (QED) is 0.231. The maximum atomic E-state index is 13.6. The molecule has 4 fully saturated rings. The van der Waals surface area contributed by atoms with Crippen molar-refractivity contribution in [1.82, 2.24) is 35.4 Å². The van der Waals surface area contributed by atoms with Gasteiger partial charge in [0.2, 0.25) is 17.8 Å². The minimum Gasteiger partial charge on any atom is -0.488 e. The number of carbonyl (C=O) groups excluding carboxylic acids is 5. The number of piperazine rings is 1. The van der Waals surface area contributed by atoms with Crippen LogP contribution in [0.2, 0.25) is 0 Å². The summed E-state index contributed by atoms with van der Waals surface area (Å²) in [5, 5.41) is 15.8. The molecule has 3 saturated heterocycles. The van der Waals surface area contributed by atoms with Gasteiger partial charge in [0.1, 0.15) is 24.0 Å². The molecule has 1 atom stereocenters. The molecule has 0 radical (unpaired) electrons. The molecule has 4 aromatic rings. The zero-order valence-corrected chi connectivity index (χ0v) is 35.4. The van der Waals surface area contributed by atoms with Crippen molar-refractivity contribution in [3.05, 3.63) is 83.3 Å². The number of amides is 5. The number of carbonyl (C=O) groups is 5. The summed E-state index contributed by atoms with van der Waals surface area (Å²) in [6, 6.07) is 13.6. The molecule has 16 nitrogen and oxygen atoms in total. The predicted octanol–water partition coefficient (Wildman–Crippen LogP) is 3.95. The fourth-order valence-corrected chi connectivity index (χ4v) is 10.6. The Labute approximate surface area is 359 Å². The summed E-state index contributed by atoms with van der Waals surface area (Å²) in [5.41, 5.74) is 2.14. The second kappa shape index (κ2) is 15.8. The standard InChI is InChI=1S/C46H50N10O6/c1-45(2)42(46(3,4)43(45)62-35-11-7-28(23-47)37-32(35)6-5-15-48-37)52-38(58)29-24-49-44(50-25-29)55-16-13-27(14-17-55)26-53-18-20-54(21-19-53)30-8-9-31-33(22-30)41(61)56(40(31)60)34-10-12-36(57)51-39(34)59/h5-9,11,15,22,24-25,27,34,42-43H,10,12-14,16-21,26H2,1-4H3,(H,52,58)(H,51,57,59). The maximum Gasteiger partial charge on any atom is 0.262 e. The van der Waals surface area contributed by atoms with Crippen LogP contribution in [0.5, 0.6) is 5.75 Å². The number of nitrogens with one attached hydrogen (secondary N) is 2. The molecule has 2 aromatic carbocycles. The van der Waals surface area contributed by atoms with Gasteiger partial charge in [-0.05, 0) is 67.6 Å². The van der Waals surface area contributed by atoms with Crippen molar-refractivity contribution >= 4 is 52.1 Å². The van der Waals surface area contributed by atoms with Crippen LogP contribution >= 0.6 is 0 Å². The lowest BCUT2D eigenvalue weighted by Gasteiger charge is -2.63. The van der Waals surface area contributed by atoms with Crippen LogP contribution < -0.4 is 25.2 Å². The highest BCUT2D eigenvalue weighted by molar-refractivity contribution is 6.23. The first kappa shape index (κ1) is 40.9. The molecular formula is C46H50N10O6. The van der Waals surface area contributed by atoms with Crippen LogP contribution in [0.15, 0.2) is 61.1 Å². The maximum absolute atomic E-state index is 13.6. The number of hydrogen-bond acceptors (Lipinski definition) is 13. The molecule has 2 N–H and O–H groups in total. The Kier molecular flexibility index (Phi) is 10.4. The van der Waals surface area contributed by atoms with Gasteiger partial charge in [-0.25, -0.2) is 9.97 Å². The number of piperidine rings is 2. The largest absolute Gasteiger partial charge is 0.488 e. The molecule has 1 saturated carbocycles. The van der Waals surface area contributed by atoms with E-state index in [2.05, 4.69) is 74.0 Å². The Balaban J connectivity index is 0.740. The minimum absolute atomic E-state index is 0.0846. The van der Waals surface area contributed by atoms with Crippen molar-refractivity contribution in [1.29, 1.82) is 5.26 Å².